The maximum Gasteiger partial charge on any atom is 0.407 e. The molecule has 16 heavy (non-hydrogen) atoms. The molecule has 0 amide bonds. The maximum absolute atomic E-state index is 12.4. The molecule has 0 aliphatic rings. The standard InChI is InChI=1S/C10H12F3NO2/c1-2-16-8-6(4-3-5-7(8)15)9(14)10(11,12)13/h3-5,9,15H,2,14H2,1H3/t9-/m1/s1. The maximum atomic E-state index is 12.4. The minimum atomic E-state index is -4.57. The first-order chi connectivity index (χ1) is 7.38. The van der Waals surface area contributed by atoms with E-state index in [0.717, 1.165) is 0 Å². The van der Waals surface area contributed by atoms with Gasteiger partial charge in [-0.05, 0) is 13.0 Å². The van der Waals surface area contributed by atoms with Crippen molar-refractivity contribution in [3.8, 4) is 11.5 Å². The highest BCUT2D eigenvalue weighted by Gasteiger charge is 2.39. The van der Waals surface area contributed by atoms with Crippen molar-refractivity contribution in [3.63, 3.8) is 0 Å². The molecule has 0 fully saturated rings. The number of hydrogen-bond acceptors (Lipinski definition) is 3. The van der Waals surface area contributed by atoms with Crippen LogP contribution in [0.15, 0.2) is 18.2 Å². The number of rotatable bonds is 3. The fraction of sp³-hybridized carbons (Fsp3) is 0.400. The molecule has 3 nitrogen and oxygen atoms in total. The molecule has 0 aliphatic heterocycles. The molecule has 1 aromatic rings. The van der Waals surface area contributed by atoms with Crippen LogP contribution in [0.5, 0.6) is 11.5 Å². The number of hydrogen-bond donors (Lipinski definition) is 2. The van der Waals surface area contributed by atoms with Gasteiger partial charge in [-0.1, -0.05) is 12.1 Å². The lowest BCUT2D eigenvalue weighted by Crippen LogP contribution is -2.28. The number of benzene rings is 1. The summed E-state index contributed by atoms with van der Waals surface area (Å²) >= 11 is 0. The molecule has 0 aliphatic carbocycles. The van der Waals surface area contributed by atoms with E-state index in [2.05, 4.69) is 0 Å². The smallest absolute Gasteiger partial charge is 0.407 e. The Hall–Kier alpha value is -1.43. The van der Waals surface area contributed by atoms with E-state index in [4.69, 9.17) is 10.5 Å². The molecule has 0 bridgehead atoms. The average Bonchev–Trinajstić information content (AvgIpc) is 2.19. The van der Waals surface area contributed by atoms with Gasteiger partial charge in [0.25, 0.3) is 0 Å². The molecule has 0 spiro atoms. The number of phenolic OH excluding ortho intramolecular Hbond substituents is 1. The van der Waals surface area contributed by atoms with Crippen LogP contribution in [0.1, 0.15) is 18.5 Å². The van der Waals surface area contributed by atoms with Crippen LogP contribution in [0.2, 0.25) is 0 Å². The molecule has 0 unspecified atom stereocenters. The molecular formula is C10H12F3NO2. The first kappa shape index (κ1) is 12.6. The number of aromatic hydroxyl groups is 1. The molecule has 3 N–H and O–H groups in total. The van der Waals surface area contributed by atoms with E-state index in [1.807, 2.05) is 0 Å². The minimum Gasteiger partial charge on any atom is -0.504 e. The van der Waals surface area contributed by atoms with Crippen molar-refractivity contribution in [2.24, 2.45) is 5.73 Å². The molecule has 0 saturated carbocycles. The van der Waals surface area contributed by atoms with E-state index in [1.54, 1.807) is 6.92 Å². The quantitative estimate of drug-likeness (QED) is 0.845. The third-order valence-electron chi connectivity index (χ3n) is 2.00. The Morgan fingerprint density at radius 2 is 2.06 bits per heavy atom. The van der Waals surface area contributed by atoms with Gasteiger partial charge in [-0.25, -0.2) is 0 Å². The van der Waals surface area contributed by atoms with Crippen molar-refractivity contribution in [2.45, 2.75) is 19.1 Å². The Morgan fingerprint density at radius 3 is 2.56 bits per heavy atom. The molecule has 0 heterocycles. The summed E-state index contributed by atoms with van der Waals surface area (Å²) in [4.78, 5) is 0. The lowest BCUT2D eigenvalue weighted by Gasteiger charge is -2.19. The fourth-order valence-corrected chi connectivity index (χ4v) is 1.27. The van der Waals surface area contributed by atoms with Gasteiger partial charge in [0.05, 0.1) is 6.61 Å². The Bertz CT molecular complexity index is 366. The second-order valence-electron chi connectivity index (χ2n) is 3.15. The Kier molecular flexibility index (Phi) is 3.64. The van der Waals surface area contributed by atoms with E-state index < -0.39 is 12.2 Å². The van der Waals surface area contributed by atoms with E-state index >= 15 is 0 Å². The highest BCUT2D eigenvalue weighted by Crippen LogP contribution is 2.39. The van der Waals surface area contributed by atoms with Gasteiger partial charge < -0.3 is 15.6 Å². The highest BCUT2D eigenvalue weighted by atomic mass is 19.4. The normalized spacial score (nSPS) is 13.6. The van der Waals surface area contributed by atoms with Crippen LogP contribution < -0.4 is 10.5 Å². The van der Waals surface area contributed by atoms with Crippen molar-refractivity contribution in [3.05, 3.63) is 23.8 Å². The highest BCUT2D eigenvalue weighted by molar-refractivity contribution is 5.47. The second kappa shape index (κ2) is 4.61. The van der Waals surface area contributed by atoms with E-state index in [1.165, 1.54) is 18.2 Å². The third kappa shape index (κ3) is 2.57. The number of nitrogens with two attached hydrogens (primary N) is 1. The predicted octanol–water partition coefficient (Wildman–Crippen LogP) is 2.35. The zero-order valence-corrected chi connectivity index (χ0v) is 8.58. The molecule has 6 heteroatoms. The fourth-order valence-electron chi connectivity index (χ4n) is 1.27. The first-order valence-corrected chi connectivity index (χ1v) is 4.65. The van der Waals surface area contributed by atoms with Gasteiger partial charge in [-0.2, -0.15) is 13.2 Å². The van der Waals surface area contributed by atoms with E-state index in [-0.39, 0.29) is 23.7 Å². The van der Waals surface area contributed by atoms with E-state index in [0.29, 0.717) is 0 Å². The molecule has 0 saturated heterocycles. The number of phenols is 1. The van der Waals surface area contributed by atoms with Gasteiger partial charge in [0.15, 0.2) is 11.5 Å². The summed E-state index contributed by atoms with van der Waals surface area (Å²) in [6.45, 7) is 1.75. The largest absolute Gasteiger partial charge is 0.504 e. The second-order valence-corrected chi connectivity index (χ2v) is 3.15. The van der Waals surface area contributed by atoms with Crippen LogP contribution in [0, 0.1) is 0 Å². The lowest BCUT2D eigenvalue weighted by atomic mass is 10.1. The Morgan fingerprint density at radius 1 is 1.44 bits per heavy atom. The number of halogens is 3. The van der Waals surface area contributed by atoms with Crippen LogP contribution in [-0.4, -0.2) is 17.9 Å². The van der Waals surface area contributed by atoms with Crippen LogP contribution in [0.3, 0.4) is 0 Å². The SMILES string of the molecule is CCOc1c(O)cccc1[C@@H](N)C(F)(F)F. The number of ether oxygens (including phenoxy) is 1. The monoisotopic (exact) mass is 235 g/mol. The molecule has 0 aromatic heterocycles. The topological polar surface area (TPSA) is 55.5 Å². The Labute approximate surface area is 90.6 Å². The molecular weight excluding hydrogens is 223 g/mol. The van der Waals surface area contributed by atoms with E-state index in [9.17, 15) is 18.3 Å². The van der Waals surface area contributed by atoms with Crippen LogP contribution in [0.25, 0.3) is 0 Å². The number of alkyl halides is 3. The zero-order valence-electron chi connectivity index (χ0n) is 8.58. The van der Waals surface area contributed by atoms with Crippen molar-refractivity contribution >= 4 is 0 Å². The summed E-state index contributed by atoms with van der Waals surface area (Å²) < 4.78 is 42.2. The van der Waals surface area contributed by atoms with Gasteiger partial charge in [0.1, 0.15) is 6.04 Å². The van der Waals surface area contributed by atoms with Gasteiger partial charge in [-0.3, -0.25) is 0 Å². The average molecular weight is 235 g/mol. The zero-order chi connectivity index (χ0) is 12.3. The third-order valence-corrected chi connectivity index (χ3v) is 2.00. The summed E-state index contributed by atoms with van der Waals surface area (Å²) in [5.41, 5.74) is 4.79. The first-order valence-electron chi connectivity index (χ1n) is 4.65. The van der Waals surface area contributed by atoms with Crippen LogP contribution in [-0.2, 0) is 0 Å². The molecule has 1 atom stereocenters. The molecule has 90 valence electrons. The number of para-hydroxylation sites is 1. The summed E-state index contributed by atoms with van der Waals surface area (Å²) in [7, 11) is 0. The summed E-state index contributed by atoms with van der Waals surface area (Å²) in [6, 6.07) is 1.56. The molecule has 0 radical (unpaired) electrons. The van der Waals surface area contributed by atoms with Crippen molar-refractivity contribution < 1.29 is 23.0 Å². The minimum absolute atomic E-state index is 0.148. The van der Waals surface area contributed by atoms with Crippen LogP contribution >= 0.6 is 0 Å². The van der Waals surface area contributed by atoms with Crippen molar-refractivity contribution in [1.29, 1.82) is 0 Å². The van der Waals surface area contributed by atoms with Gasteiger partial charge in [-0.15, -0.1) is 0 Å². The predicted molar refractivity (Wildman–Crippen MR) is 52.3 cm³/mol. The molecule has 1 rings (SSSR count). The van der Waals surface area contributed by atoms with Gasteiger partial charge in [0, 0.05) is 5.56 Å². The summed E-state index contributed by atoms with van der Waals surface area (Å²) in [5, 5.41) is 9.39. The molecule has 1 aromatic carbocycles. The van der Waals surface area contributed by atoms with Crippen LogP contribution in [0.4, 0.5) is 13.2 Å². The van der Waals surface area contributed by atoms with Gasteiger partial charge in [0.2, 0.25) is 0 Å². The summed E-state index contributed by atoms with van der Waals surface area (Å²) in [6.07, 6.45) is -4.57. The lowest BCUT2D eigenvalue weighted by molar-refractivity contribution is -0.149. The summed E-state index contributed by atoms with van der Waals surface area (Å²) in [5.74, 6) is -0.561. The van der Waals surface area contributed by atoms with Crippen molar-refractivity contribution in [2.75, 3.05) is 6.61 Å². The Balaban J connectivity index is 3.17. The van der Waals surface area contributed by atoms with Crippen molar-refractivity contribution in [1.82, 2.24) is 0 Å². The van der Waals surface area contributed by atoms with Gasteiger partial charge >= 0.3 is 6.18 Å².